The number of carboxylic acids is 1. The lowest BCUT2D eigenvalue weighted by atomic mass is 9.84. The first-order valence-electron chi connectivity index (χ1n) is 6.53. The topological polar surface area (TPSA) is 58.6 Å². The van der Waals surface area contributed by atoms with Gasteiger partial charge < -0.3 is 15.2 Å². The summed E-state index contributed by atoms with van der Waals surface area (Å²) in [6.45, 7) is 5.79. The van der Waals surface area contributed by atoms with Gasteiger partial charge in [-0.15, -0.1) is 0 Å². The Hall–Kier alpha value is -1.55. The molecule has 0 aliphatic heterocycles. The second-order valence-electron chi connectivity index (χ2n) is 5.26. The van der Waals surface area contributed by atoms with Crippen LogP contribution in [0.5, 0.6) is 5.75 Å². The molecule has 1 aromatic carbocycles. The molecule has 0 radical (unpaired) electrons. The van der Waals surface area contributed by atoms with Crippen molar-refractivity contribution in [2.45, 2.75) is 32.1 Å². The molecule has 4 heteroatoms. The molecule has 1 aromatic rings. The van der Waals surface area contributed by atoms with E-state index in [1.54, 1.807) is 7.11 Å². The third-order valence-corrected chi connectivity index (χ3v) is 3.15. The standard InChI is InChI=1S/C15H23NO3/c1-15(2,11-16-10-6-9-14(17)18)12-7-4-5-8-13(12)19-3/h4-5,7-8,16H,6,9-11H2,1-3H3,(H,17,18). The molecule has 0 bridgehead atoms. The fourth-order valence-corrected chi connectivity index (χ4v) is 2.06. The Labute approximate surface area is 114 Å². The minimum Gasteiger partial charge on any atom is -0.496 e. The van der Waals surface area contributed by atoms with Gasteiger partial charge in [-0.2, -0.15) is 0 Å². The fraction of sp³-hybridized carbons (Fsp3) is 0.533. The Morgan fingerprint density at radius 1 is 1.37 bits per heavy atom. The summed E-state index contributed by atoms with van der Waals surface area (Å²) in [6.07, 6.45) is 0.861. The van der Waals surface area contributed by atoms with Gasteiger partial charge >= 0.3 is 5.97 Å². The lowest BCUT2D eigenvalue weighted by molar-refractivity contribution is -0.137. The van der Waals surface area contributed by atoms with Gasteiger partial charge in [-0.1, -0.05) is 32.0 Å². The molecule has 0 aromatic heterocycles. The molecule has 19 heavy (non-hydrogen) atoms. The molecule has 0 saturated carbocycles. The summed E-state index contributed by atoms with van der Waals surface area (Å²) in [5, 5.41) is 11.9. The van der Waals surface area contributed by atoms with Crippen molar-refractivity contribution in [1.82, 2.24) is 5.32 Å². The van der Waals surface area contributed by atoms with Gasteiger partial charge in [-0.05, 0) is 19.0 Å². The Morgan fingerprint density at radius 2 is 2.05 bits per heavy atom. The summed E-state index contributed by atoms with van der Waals surface area (Å²) in [5.41, 5.74) is 1.10. The number of para-hydroxylation sites is 1. The Balaban J connectivity index is 2.53. The smallest absolute Gasteiger partial charge is 0.303 e. The minimum atomic E-state index is -0.745. The van der Waals surface area contributed by atoms with Crippen LogP contribution in [0.15, 0.2) is 24.3 Å². The predicted octanol–water partition coefficient (Wildman–Crippen LogP) is 2.43. The molecule has 0 spiro atoms. The summed E-state index contributed by atoms with van der Waals surface area (Å²) in [4.78, 5) is 10.4. The maximum absolute atomic E-state index is 10.4. The molecular weight excluding hydrogens is 242 g/mol. The highest BCUT2D eigenvalue weighted by atomic mass is 16.5. The second-order valence-corrected chi connectivity index (χ2v) is 5.26. The number of ether oxygens (including phenoxy) is 1. The average molecular weight is 265 g/mol. The van der Waals surface area contributed by atoms with Gasteiger partial charge in [0.1, 0.15) is 5.75 Å². The highest BCUT2D eigenvalue weighted by Crippen LogP contribution is 2.30. The fourth-order valence-electron chi connectivity index (χ4n) is 2.06. The molecule has 0 amide bonds. The van der Waals surface area contributed by atoms with E-state index in [-0.39, 0.29) is 11.8 Å². The lowest BCUT2D eigenvalue weighted by Gasteiger charge is -2.27. The van der Waals surface area contributed by atoms with E-state index >= 15 is 0 Å². The molecule has 2 N–H and O–H groups in total. The van der Waals surface area contributed by atoms with Crippen LogP contribution in [0.1, 0.15) is 32.3 Å². The summed E-state index contributed by atoms with van der Waals surface area (Å²) in [6, 6.07) is 7.99. The van der Waals surface area contributed by atoms with Crippen molar-refractivity contribution in [3.05, 3.63) is 29.8 Å². The van der Waals surface area contributed by atoms with E-state index < -0.39 is 5.97 Å². The first-order chi connectivity index (χ1) is 8.97. The number of aliphatic carboxylic acids is 1. The summed E-state index contributed by atoms with van der Waals surface area (Å²) < 4.78 is 5.39. The highest BCUT2D eigenvalue weighted by Gasteiger charge is 2.23. The van der Waals surface area contributed by atoms with Gasteiger partial charge in [-0.3, -0.25) is 4.79 Å². The first kappa shape index (κ1) is 15.5. The molecular formula is C15H23NO3. The molecule has 0 aliphatic carbocycles. The van der Waals surface area contributed by atoms with Crippen LogP contribution < -0.4 is 10.1 Å². The molecule has 0 atom stereocenters. The zero-order chi connectivity index (χ0) is 14.3. The molecule has 0 aliphatic rings. The summed E-state index contributed by atoms with van der Waals surface area (Å²) in [5.74, 6) is 0.144. The van der Waals surface area contributed by atoms with E-state index in [0.29, 0.717) is 13.0 Å². The number of carbonyl (C=O) groups is 1. The number of rotatable bonds is 8. The third-order valence-electron chi connectivity index (χ3n) is 3.15. The zero-order valence-corrected chi connectivity index (χ0v) is 11.9. The minimum absolute atomic E-state index is 0.0597. The van der Waals surface area contributed by atoms with Crippen molar-refractivity contribution in [3.8, 4) is 5.75 Å². The van der Waals surface area contributed by atoms with Gasteiger partial charge in [0.25, 0.3) is 0 Å². The number of benzene rings is 1. The zero-order valence-electron chi connectivity index (χ0n) is 11.9. The second kappa shape index (κ2) is 7.14. The van der Waals surface area contributed by atoms with Crippen molar-refractivity contribution in [1.29, 1.82) is 0 Å². The van der Waals surface area contributed by atoms with E-state index in [1.165, 1.54) is 0 Å². The largest absolute Gasteiger partial charge is 0.496 e. The molecule has 0 unspecified atom stereocenters. The maximum atomic E-state index is 10.4. The average Bonchev–Trinajstić information content (AvgIpc) is 2.37. The lowest BCUT2D eigenvalue weighted by Crippen LogP contribution is -2.34. The van der Waals surface area contributed by atoms with Gasteiger partial charge in [0.05, 0.1) is 7.11 Å². The van der Waals surface area contributed by atoms with Crippen LogP contribution in [0.2, 0.25) is 0 Å². The predicted molar refractivity (Wildman–Crippen MR) is 75.8 cm³/mol. The third kappa shape index (κ3) is 4.91. The first-order valence-corrected chi connectivity index (χ1v) is 6.53. The monoisotopic (exact) mass is 265 g/mol. The van der Waals surface area contributed by atoms with E-state index in [0.717, 1.165) is 17.9 Å². The van der Waals surface area contributed by atoms with Crippen LogP contribution in [0.3, 0.4) is 0 Å². The number of nitrogens with one attached hydrogen (secondary N) is 1. The van der Waals surface area contributed by atoms with Crippen LogP contribution in [0.4, 0.5) is 0 Å². The van der Waals surface area contributed by atoms with Crippen molar-refractivity contribution in [2.75, 3.05) is 20.2 Å². The molecule has 0 heterocycles. The van der Waals surface area contributed by atoms with Gasteiger partial charge in [0, 0.05) is 23.9 Å². The quantitative estimate of drug-likeness (QED) is 0.709. The normalized spacial score (nSPS) is 11.3. The van der Waals surface area contributed by atoms with Crippen molar-refractivity contribution >= 4 is 5.97 Å². The van der Waals surface area contributed by atoms with E-state index in [2.05, 4.69) is 25.2 Å². The van der Waals surface area contributed by atoms with E-state index in [1.807, 2.05) is 18.2 Å². The van der Waals surface area contributed by atoms with Crippen molar-refractivity contribution < 1.29 is 14.6 Å². The van der Waals surface area contributed by atoms with Crippen molar-refractivity contribution in [3.63, 3.8) is 0 Å². The van der Waals surface area contributed by atoms with Crippen LogP contribution in [0.25, 0.3) is 0 Å². The number of hydrogen-bond acceptors (Lipinski definition) is 3. The Morgan fingerprint density at radius 3 is 2.68 bits per heavy atom. The molecule has 0 fully saturated rings. The number of methoxy groups -OCH3 is 1. The Kier molecular flexibility index (Phi) is 5.83. The van der Waals surface area contributed by atoms with Crippen molar-refractivity contribution in [2.24, 2.45) is 0 Å². The highest BCUT2D eigenvalue weighted by molar-refractivity contribution is 5.66. The van der Waals surface area contributed by atoms with Gasteiger partial charge in [0.2, 0.25) is 0 Å². The number of hydrogen-bond donors (Lipinski definition) is 2. The maximum Gasteiger partial charge on any atom is 0.303 e. The molecule has 4 nitrogen and oxygen atoms in total. The summed E-state index contributed by atoms with van der Waals surface area (Å²) in [7, 11) is 1.68. The molecule has 1 rings (SSSR count). The molecule has 106 valence electrons. The van der Waals surface area contributed by atoms with Gasteiger partial charge in [-0.25, -0.2) is 0 Å². The van der Waals surface area contributed by atoms with Crippen LogP contribution in [-0.4, -0.2) is 31.3 Å². The SMILES string of the molecule is COc1ccccc1C(C)(C)CNCCCC(=O)O. The van der Waals surface area contributed by atoms with Gasteiger partial charge in [0.15, 0.2) is 0 Å². The van der Waals surface area contributed by atoms with E-state index in [4.69, 9.17) is 9.84 Å². The van der Waals surface area contributed by atoms with E-state index in [9.17, 15) is 4.79 Å². The van der Waals surface area contributed by atoms with Crippen LogP contribution in [-0.2, 0) is 10.2 Å². The Bertz CT molecular complexity index is 416. The van der Waals surface area contributed by atoms with Crippen LogP contribution in [0, 0.1) is 0 Å². The summed E-state index contributed by atoms with van der Waals surface area (Å²) >= 11 is 0. The van der Waals surface area contributed by atoms with Crippen LogP contribution >= 0.6 is 0 Å². The molecule has 0 saturated heterocycles. The number of carboxylic acid groups (broad SMARTS) is 1.